The first kappa shape index (κ1) is 34.9. The summed E-state index contributed by atoms with van der Waals surface area (Å²) in [6, 6.07) is 0. The Morgan fingerprint density at radius 1 is 1.00 bits per heavy atom. The molecular weight excluding hydrogens is 264 g/mol. The summed E-state index contributed by atoms with van der Waals surface area (Å²) in [5, 5.41) is 0. The zero-order valence-corrected chi connectivity index (χ0v) is 8.50. The van der Waals surface area contributed by atoms with Gasteiger partial charge in [0.15, 0.2) is 0 Å². The summed E-state index contributed by atoms with van der Waals surface area (Å²) in [6.07, 6.45) is 0. The maximum atomic E-state index is 0. The second-order valence-electron chi connectivity index (χ2n) is 0. The first-order valence-corrected chi connectivity index (χ1v) is 0. The second kappa shape index (κ2) is 19.0. The molecule has 0 aliphatic carbocycles. The zero-order chi connectivity index (χ0) is 0. The van der Waals surface area contributed by atoms with Gasteiger partial charge < -0.3 is 0 Å². The van der Waals surface area contributed by atoms with Gasteiger partial charge in [0.25, 0.3) is 0 Å². The van der Waals surface area contributed by atoms with Crippen molar-refractivity contribution in [3.05, 3.63) is 0 Å². The maximum absolute atomic E-state index is 0. The van der Waals surface area contributed by atoms with Crippen molar-refractivity contribution in [2.45, 2.75) is 0 Å². The van der Waals surface area contributed by atoms with E-state index in [0.717, 1.165) is 0 Å². The molecule has 3 radical (unpaired) electrons. The molecule has 0 N–H and O–H groups in total. The van der Waals surface area contributed by atoms with E-state index in [9.17, 15) is 0 Å². The van der Waals surface area contributed by atoms with E-state index < -0.39 is 0 Å². The van der Waals surface area contributed by atoms with E-state index in [1.165, 1.54) is 0 Å². The Bertz CT molecular complexity index is 8.00. The van der Waals surface area contributed by atoms with Gasteiger partial charge in [-0.1, -0.05) is 0 Å². The molecule has 0 atom stereocenters. The van der Waals surface area contributed by atoms with Crippen molar-refractivity contribution in [2.75, 3.05) is 0 Å². The average Bonchev–Trinajstić information content (AvgIpc) is 0. The third-order valence-electron chi connectivity index (χ3n) is 0. The van der Waals surface area contributed by atoms with Gasteiger partial charge in [-0.05, 0) is 0 Å². The van der Waals surface area contributed by atoms with Crippen LogP contribution < -0.4 is 0 Å². The Morgan fingerprint density at radius 3 is 1.00 bits per heavy atom. The molecule has 0 aromatic carbocycles. The molecule has 0 nitrogen and oxygen atoms in total. The van der Waals surface area contributed by atoms with Gasteiger partial charge in [-0.2, -0.15) is 0 Å². The SMILES string of the molecule is [Cu].[Fe].[Se].[Zn]. The van der Waals surface area contributed by atoms with Crippen LogP contribution in [0.2, 0.25) is 0 Å². The molecule has 4 heavy (non-hydrogen) atoms. The van der Waals surface area contributed by atoms with E-state index in [4.69, 9.17) is 0 Å². The average molecular weight is 264 g/mol. The van der Waals surface area contributed by atoms with Crippen LogP contribution in [0.5, 0.6) is 0 Å². The van der Waals surface area contributed by atoms with E-state index in [0.29, 0.717) is 0 Å². The minimum absolute atomic E-state index is 0. The molecule has 4 heteroatoms. The quantitative estimate of drug-likeness (QED) is 0.523. The first-order valence-electron chi connectivity index (χ1n) is 0. The van der Waals surface area contributed by atoms with Crippen molar-refractivity contribution < 1.29 is 53.6 Å². The van der Waals surface area contributed by atoms with Crippen molar-refractivity contribution in [2.24, 2.45) is 0 Å². The minimum Gasteiger partial charge on any atom is 0 e. The van der Waals surface area contributed by atoms with E-state index in [1.807, 2.05) is 0 Å². The van der Waals surface area contributed by atoms with Gasteiger partial charge in [0.1, 0.15) is 0 Å². The first-order chi connectivity index (χ1) is 0. The summed E-state index contributed by atoms with van der Waals surface area (Å²) < 4.78 is 0. The Hall–Kier alpha value is 2.18. The maximum Gasteiger partial charge on any atom is 0 e. The fourth-order valence-corrected chi connectivity index (χ4v) is 0. The van der Waals surface area contributed by atoms with Crippen molar-refractivity contribution in [1.82, 2.24) is 0 Å². The number of hydrogen-bond donors (Lipinski definition) is 0. The summed E-state index contributed by atoms with van der Waals surface area (Å²) in [5.41, 5.74) is 0. The van der Waals surface area contributed by atoms with E-state index in [2.05, 4.69) is 0 Å². The van der Waals surface area contributed by atoms with Gasteiger partial charge in [-0.15, -0.1) is 0 Å². The third kappa shape index (κ3) is 8.89. The predicted molar refractivity (Wildman–Crippen MR) is 5.75 cm³/mol. The Kier molecular flexibility index (Phi) is 166. The topological polar surface area (TPSA) is 0 Å². The smallest absolute Gasteiger partial charge is 0 e. The molecule has 0 saturated carbocycles. The van der Waals surface area contributed by atoms with Gasteiger partial charge >= 0.3 is 0 Å². The van der Waals surface area contributed by atoms with Crippen LogP contribution in [0, 0.1) is 0 Å². The third-order valence-corrected chi connectivity index (χ3v) is 0. The molecule has 0 aromatic rings. The normalized spacial score (nSPS) is 0. The monoisotopic (exact) mass is 263 g/mol. The molecule has 0 bridgehead atoms. The molecule has 27 valence electrons. The van der Waals surface area contributed by atoms with E-state index in [-0.39, 0.29) is 70.7 Å². The van der Waals surface area contributed by atoms with Gasteiger partial charge in [0.2, 0.25) is 0 Å². The molecule has 0 aliphatic rings. The van der Waals surface area contributed by atoms with Crippen molar-refractivity contribution in [1.29, 1.82) is 0 Å². The molecule has 0 amide bonds. The molecule has 0 spiro atoms. The minimum atomic E-state index is 0. The standard InChI is InChI=1S/Cu.Fe.Se.Zn. The van der Waals surface area contributed by atoms with Gasteiger partial charge in [-0.3, -0.25) is 0 Å². The fourth-order valence-electron chi connectivity index (χ4n) is 0. The van der Waals surface area contributed by atoms with Crippen LogP contribution in [0.3, 0.4) is 0 Å². The van der Waals surface area contributed by atoms with Gasteiger partial charge in [0.05, 0.1) is 0 Å². The van der Waals surface area contributed by atoms with Gasteiger partial charge in [-0.25, -0.2) is 0 Å². The van der Waals surface area contributed by atoms with Crippen LogP contribution in [0.25, 0.3) is 0 Å². The van der Waals surface area contributed by atoms with Crippen LogP contribution in [0.15, 0.2) is 0 Å². The number of rotatable bonds is 0. The summed E-state index contributed by atoms with van der Waals surface area (Å²) >= 11 is 0. The molecule has 0 aromatic heterocycles. The Balaban J connectivity index is 0. The molecular formula is CuFeSeZn. The molecule has 0 aliphatic heterocycles. The molecule has 0 unspecified atom stereocenters. The van der Waals surface area contributed by atoms with Crippen molar-refractivity contribution in [3.63, 3.8) is 0 Å². The van der Waals surface area contributed by atoms with Crippen LogP contribution in [0.1, 0.15) is 0 Å². The molecule has 0 fully saturated rings. The van der Waals surface area contributed by atoms with Gasteiger partial charge in [0, 0.05) is 70.7 Å². The second-order valence-corrected chi connectivity index (χ2v) is 0. The number of hydrogen-bond acceptors (Lipinski definition) is 0. The Morgan fingerprint density at radius 2 is 1.00 bits per heavy atom. The van der Waals surface area contributed by atoms with Crippen LogP contribution in [-0.2, 0) is 53.6 Å². The summed E-state index contributed by atoms with van der Waals surface area (Å²) in [7, 11) is 0. The summed E-state index contributed by atoms with van der Waals surface area (Å²) in [4.78, 5) is 0. The van der Waals surface area contributed by atoms with Crippen molar-refractivity contribution in [3.8, 4) is 0 Å². The van der Waals surface area contributed by atoms with Crippen LogP contribution >= 0.6 is 0 Å². The van der Waals surface area contributed by atoms with E-state index in [1.54, 1.807) is 0 Å². The van der Waals surface area contributed by atoms with Crippen molar-refractivity contribution >= 4 is 17.1 Å². The molecule has 0 heterocycles. The molecule has 0 rings (SSSR count). The predicted octanol–water partition coefficient (Wildman–Crippen LogP) is -0.388. The largest absolute Gasteiger partial charge is 0 e. The molecule has 0 saturated heterocycles. The fraction of sp³-hybridized carbons (Fsp3) is 0. The Labute approximate surface area is 70.0 Å². The zero-order valence-electron chi connectivity index (χ0n) is 1.77. The summed E-state index contributed by atoms with van der Waals surface area (Å²) in [5.74, 6) is 0. The summed E-state index contributed by atoms with van der Waals surface area (Å²) in [6.45, 7) is 0. The van der Waals surface area contributed by atoms with Crippen LogP contribution in [-0.4, -0.2) is 17.1 Å². The van der Waals surface area contributed by atoms with E-state index >= 15 is 0 Å². The van der Waals surface area contributed by atoms with Crippen LogP contribution in [0.4, 0.5) is 0 Å².